The smallest absolute Gasteiger partial charge is 0.407 e. The quantitative estimate of drug-likeness (QED) is 0.492. The molecule has 0 aromatic heterocycles. The average Bonchev–Trinajstić information content (AvgIpc) is 2.61. The van der Waals surface area contributed by atoms with Crippen LogP contribution in [0.3, 0.4) is 0 Å². The Morgan fingerprint density at radius 1 is 0.840 bits per heavy atom. The molecule has 1 rings (SSSR count). The summed E-state index contributed by atoms with van der Waals surface area (Å²) in [6, 6.07) is 9.67. The van der Waals surface area contributed by atoms with E-state index in [4.69, 9.17) is 10.5 Å². The number of unbranched alkanes of at least 4 members (excludes halogenated alkanes) is 8. The number of benzene rings is 1. The van der Waals surface area contributed by atoms with Crippen LogP contribution in [-0.4, -0.2) is 18.5 Å². The summed E-state index contributed by atoms with van der Waals surface area (Å²) < 4.78 is 5.16. The number of amides is 2. The molecule has 2 amide bonds. The van der Waals surface area contributed by atoms with Gasteiger partial charge in [-0.15, -0.1) is 0 Å². The number of hydrogen-bond acceptors (Lipinski definition) is 3. The van der Waals surface area contributed by atoms with E-state index in [0.717, 1.165) is 31.2 Å². The fourth-order valence-electron chi connectivity index (χ4n) is 2.63. The maximum Gasteiger partial charge on any atom is 0.407 e. The van der Waals surface area contributed by atoms with E-state index in [1.165, 1.54) is 32.1 Å². The second-order valence-corrected chi connectivity index (χ2v) is 6.39. The van der Waals surface area contributed by atoms with Gasteiger partial charge in [-0.25, -0.2) is 4.79 Å². The SMILES string of the molecule is NC(=O)CCCCCCCCCCCNC(=O)OCc1ccccc1. The molecular weight excluding hydrogens is 316 g/mol. The highest BCUT2D eigenvalue weighted by Gasteiger charge is 2.01. The molecule has 1 aromatic rings. The molecule has 3 N–H and O–H groups in total. The highest BCUT2D eigenvalue weighted by Crippen LogP contribution is 2.10. The van der Waals surface area contributed by atoms with Crippen molar-refractivity contribution in [3.05, 3.63) is 35.9 Å². The Bertz CT molecular complexity index is 477. The van der Waals surface area contributed by atoms with Crippen molar-refractivity contribution in [2.75, 3.05) is 6.54 Å². The summed E-state index contributed by atoms with van der Waals surface area (Å²) in [5, 5.41) is 2.79. The van der Waals surface area contributed by atoms with Crippen LogP contribution in [0.1, 0.15) is 69.8 Å². The number of carbonyl (C=O) groups excluding carboxylic acids is 2. The third-order valence-corrected chi connectivity index (χ3v) is 4.08. The van der Waals surface area contributed by atoms with Gasteiger partial charge in [0.05, 0.1) is 0 Å². The van der Waals surface area contributed by atoms with Crippen LogP contribution < -0.4 is 11.1 Å². The van der Waals surface area contributed by atoms with Crippen molar-refractivity contribution in [3.8, 4) is 0 Å². The predicted molar refractivity (Wildman–Crippen MR) is 100.0 cm³/mol. The lowest BCUT2D eigenvalue weighted by atomic mass is 10.1. The second kappa shape index (κ2) is 14.3. The molecule has 140 valence electrons. The molecular formula is C20H32N2O3. The van der Waals surface area contributed by atoms with Crippen molar-refractivity contribution in [2.24, 2.45) is 5.73 Å². The summed E-state index contributed by atoms with van der Waals surface area (Å²) in [6.45, 7) is 0.979. The first kappa shape index (κ1) is 21.0. The van der Waals surface area contributed by atoms with Gasteiger partial charge in [0.2, 0.25) is 5.91 Å². The van der Waals surface area contributed by atoms with Gasteiger partial charge >= 0.3 is 6.09 Å². The number of carbonyl (C=O) groups is 2. The Kier molecular flexibility index (Phi) is 12.0. The Labute approximate surface area is 151 Å². The van der Waals surface area contributed by atoms with Gasteiger partial charge in [-0.1, -0.05) is 75.3 Å². The van der Waals surface area contributed by atoms with Crippen LogP contribution in [-0.2, 0) is 16.1 Å². The summed E-state index contributed by atoms with van der Waals surface area (Å²) in [4.78, 5) is 22.1. The number of nitrogens with one attached hydrogen (secondary N) is 1. The summed E-state index contributed by atoms with van der Waals surface area (Å²) in [5.74, 6) is -0.197. The fraction of sp³-hybridized carbons (Fsp3) is 0.600. The van der Waals surface area contributed by atoms with E-state index in [1.807, 2.05) is 30.3 Å². The van der Waals surface area contributed by atoms with Crippen molar-refractivity contribution in [1.29, 1.82) is 0 Å². The number of nitrogens with two attached hydrogens (primary N) is 1. The first-order chi connectivity index (χ1) is 12.2. The van der Waals surface area contributed by atoms with Gasteiger partial charge in [-0.05, 0) is 18.4 Å². The monoisotopic (exact) mass is 348 g/mol. The molecule has 0 atom stereocenters. The van der Waals surface area contributed by atoms with Crippen molar-refractivity contribution in [3.63, 3.8) is 0 Å². The van der Waals surface area contributed by atoms with Crippen molar-refractivity contribution < 1.29 is 14.3 Å². The minimum absolute atomic E-state index is 0.197. The number of alkyl carbamates (subject to hydrolysis) is 1. The average molecular weight is 348 g/mol. The molecule has 5 nitrogen and oxygen atoms in total. The second-order valence-electron chi connectivity index (χ2n) is 6.39. The van der Waals surface area contributed by atoms with Gasteiger partial charge in [0.1, 0.15) is 6.61 Å². The van der Waals surface area contributed by atoms with Crippen LogP contribution in [0.25, 0.3) is 0 Å². The van der Waals surface area contributed by atoms with Gasteiger partial charge in [-0.3, -0.25) is 4.79 Å². The molecule has 1 aromatic carbocycles. The molecule has 25 heavy (non-hydrogen) atoms. The first-order valence-corrected chi connectivity index (χ1v) is 9.41. The minimum atomic E-state index is -0.347. The molecule has 0 radical (unpaired) electrons. The van der Waals surface area contributed by atoms with Crippen LogP contribution in [0.2, 0.25) is 0 Å². The zero-order valence-electron chi connectivity index (χ0n) is 15.2. The van der Waals surface area contributed by atoms with Gasteiger partial charge < -0.3 is 15.8 Å². The summed E-state index contributed by atoms with van der Waals surface area (Å²) >= 11 is 0. The van der Waals surface area contributed by atoms with E-state index in [-0.39, 0.29) is 12.0 Å². The standard InChI is InChI=1S/C20H32N2O3/c21-19(23)15-11-6-4-2-1-3-5-7-12-16-22-20(24)25-17-18-13-9-8-10-14-18/h8-10,13-14H,1-7,11-12,15-17H2,(H2,21,23)(H,22,24). The van der Waals surface area contributed by atoms with E-state index in [2.05, 4.69) is 5.32 Å². The molecule has 0 spiro atoms. The number of rotatable bonds is 14. The number of hydrogen-bond donors (Lipinski definition) is 2. The maximum absolute atomic E-state index is 11.6. The Balaban J connectivity index is 1.82. The van der Waals surface area contributed by atoms with Crippen LogP contribution in [0.15, 0.2) is 30.3 Å². The van der Waals surface area contributed by atoms with Crippen molar-refractivity contribution in [1.82, 2.24) is 5.32 Å². The lowest BCUT2D eigenvalue weighted by molar-refractivity contribution is -0.118. The van der Waals surface area contributed by atoms with E-state index in [9.17, 15) is 9.59 Å². The highest BCUT2D eigenvalue weighted by molar-refractivity contribution is 5.73. The normalized spacial score (nSPS) is 10.4. The lowest BCUT2D eigenvalue weighted by Gasteiger charge is -2.07. The molecule has 0 saturated carbocycles. The molecule has 0 saturated heterocycles. The number of primary amides is 1. The third-order valence-electron chi connectivity index (χ3n) is 4.08. The van der Waals surface area contributed by atoms with Crippen LogP contribution in [0.4, 0.5) is 4.79 Å². The fourth-order valence-corrected chi connectivity index (χ4v) is 2.63. The molecule has 0 bridgehead atoms. The minimum Gasteiger partial charge on any atom is -0.445 e. The van der Waals surface area contributed by atoms with E-state index >= 15 is 0 Å². The van der Waals surface area contributed by atoms with Gasteiger partial charge in [-0.2, -0.15) is 0 Å². The topological polar surface area (TPSA) is 81.4 Å². The number of ether oxygens (including phenoxy) is 1. The van der Waals surface area contributed by atoms with E-state index in [0.29, 0.717) is 19.6 Å². The largest absolute Gasteiger partial charge is 0.445 e. The van der Waals surface area contributed by atoms with Crippen molar-refractivity contribution >= 4 is 12.0 Å². The van der Waals surface area contributed by atoms with Crippen LogP contribution >= 0.6 is 0 Å². The molecule has 5 heteroatoms. The molecule has 0 aliphatic rings. The Morgan fingerprint density at radius 3 is 2.00 bits per heavy atom. The van der Waals surface area contributed by atoms with E-state index in [1.54, 1.807) is 0 Å². The Hall–Kier alpha value is -2.04. The van der Waals surface area contributed by atoms with Gasteiger partial charge in [0, 0.05) is 13.0 Å². The highest BCUT2D eigenvalue weighted by atomic mass is 16.5. The van der Waals surface area contributed by atoms with E-state index < -0.39 is 0 Å². The molecule has 0 fully saturated rings. The van der Waals surface area contributed by atoms with Crippen molar-refractivity contribution in [2.45, 2.75) is 70.8 Å². The zero-order valence-corrected chi connectivity index (χ0v) is 15.2. The third kappa shape index (κ3) is 13.0. The van der Waals surface area contributed by atoms with Crippen LogP contribution in [0.5, 0.6) is 0 Å². The summed E-state index contributed by atoms with van der Waals surface area (Å²) in [6.07, 6.45) is 10.4. The zero-order chi connectivity index (χ0) is 18.2. The molecule has 0 heterocycles. The van der Waals surface area contributed by atoms with Gasteiger partial charge in [0.15, 0.2) is 0 Å². The van der Waals surface area contributed by atoms with Gasteiger partial charge in [0.25, 0.3) is 0 Å². The summed E-state index contributed by atoms with van der Waals surface area (Å²) in [7, 11) is 0. The van der Waals surface area contributed by atoms with Crippen LogP contribution in [0, 0.1) is 0 Å². The Morgan fingerprint density at radius 2 is 1.40 bits per heavy atom. The lowest BCUT2D eigenvalue weighted by Crippen LogP contribution is -2.25. The predicted octanol–water partition coefficient (Wildman–Crippen LogP) is 4.30. The molecule has 0 aliphatic heterocycles. The summed E-state index contributed by atoms with van der Waals surface area (Å²) in [5.41, 5.74) is 6.09. The maximum atomic E-state index is 11.6. The molecule has 0 unspecified atom stereocenters. The first-order valence-electron chi connectivity index (χ1n) is 9.41. The molecule has 0 aliphatic carbocycles.